The van der Waals surface area contributed by atoms with E-state index in [2.05, 4.69) is 10.9 Å². The molecule has 2 heterocycles. The lowest BCUT2D eigenvalue weighted by molar-refractivity contribution is 0.416. The normalized spacial score (nSPS) is 10.7. The molecule has 3 rings (SSSR count). The first-order chi connectivity index (χ1) is 11.1. The van der Waals surface area contributed by atoms with Crippen LogP contribution < -0.4 is 10.3 Å². The molecular formula is C18H16N2O2S. The Hall–Kier alpha value is -2.58. The number of nitrogens with zero attached hydrogens (tertiary/aromatic N) is 2. The summed E-state index contributed by atoms with van der Waals surface area (Å²) in [5.74, 6) is 3.88. The van der Waals surface area contributed by atoms with Gasteiger partial charge in [0.1, 0.15) is 16.4 Å². The molecule has 0 saturated heterocycles. The molecule has 0 spiro atoms. The first-order valence-electron chi connectivity index (χ1n) is 7.14. The summed E-state index contributed by atoms with van der Waals surface area (Å²) in [6.07, 6.45) is 5.38. The van der Waals surface area contributed by atoms with Crippen LogP contribution in [0.15, 0.2) is 28.4 Å². The van der Waals surface area contributed by atoms with Crippen LogP contribution in [0.5, 0.6) is 5.75 Å². The molecular weight excluding hydrogens is 308 g/mol. The van der Waals surface area contributed by atoms with E-state index in [1.54, 1.807) is 14.0 Å². The molecule has 0 saturated carbocycles. The van der Waals surface area contributed by atoms with E-state index in [9.17, 15) is 4.79 Å². The molecule has 0 bridgehead atoms. The van der Waals surface area contributed by atoms with E-state index in [-0.39, 0.29) is 12.1 Å². The van der Waals surface area contributed by atoms with Crippen molar-refractivity contribution in [2.75, 3.05) is 7.11 Å². The van der Waals surface area contributed by atoms with Gasteiger partial charge >= 0.3 is 0 Å². The number of hydrogen-bond donors (Lipinski definition) is 0. The van der Waals surface area contributed by atoms with E-state index in [0.29, 0.717) is 11.2 Å². The molecule has 0 aliphatic heterocycles. The minimum atomic E-state index is -0.106. The van der Waals surface area contributed by atoms with Gasteiger partial charge in [-0.1, -0.05) is 17.6 Å². The van der Waals surface area contributed by atoms with Crippen LogP contribution in [-0.4, -0.2) is 16.7 Å². The van der Waals surface area contributed by atoms with E-state index in [4.69, 9.17) is 11.2 Å². The van der Waals surface area contributed by atoms with E-state index in [1.165, 1.54) is 15.9 Å². The summed E-state index contributed by atoms with van der Waals surface area (Å²) in [5.41, 5.74) is 2.73. The second-order valence-electron chi connectivity index (χ2n) is 5.29. The summed E-state index contributed by atoms with van der Waals surface area (Å²) in [7, 11) is 1.63. The third-order valence-corrected chi connectivity index (χ3v) is 4.65. The molecule has 3 aromatic rings. The molecule has 116 valence electrons. The van der Waals surface area contributed by atoms with Gasteiger partial charge in [-0.15, -0.1) is 17.8 Å². The maximum atomic E-state index is 12.9. The third-order valence-electron chi connectivity index (χ3n) is 3.78. The van der Waals surface area contributed by atoms with Crippen molar-refractivity contribution in [2.24, 2.45) is 0 Å². The van der Waals surface area contributed by atoms with Crippen molar-refractivity contribution in [3.63, 3.8) is 0 Å². The molecule has 1 aromatic carbocycles. The number of methoxy groups -OCH3 is 1. The van der Waals surface area contributed by atoms with Gasteiger partial charge in [-0.2, -0.15) is 0 Å². The quantitative estimate of drug-likeness (QED) is 0.694. The van der Waals surface area contributed by atoms with Crippen LogP contribution in [0.2, 0.25) is 0 Å². The standard InChI is InChI=1S/C18H16N2O2S/c1-5-8-20-12(3)19-17-16(18(20)21)14(10-23-17)13-9-11(2)6-7-15(13)22-4/h1,6-7,9-10H,8H2,2-4H3. The van der Waals surface area contributed by atoms with Crippen molar-refractivity contribution < 1.29 is 4.74 Å². The maximum Gasteiger partial charge on any atom is 0.263 e. The summed E-state index contributed by atoms with van der Waals surface area (Å²) in [4.78, 5) is 18.1. The fourth-order valence-corrected chi connectivity index (χ4v) is 3.61. The first kappa shape index (κ1) is 15.3. The fraction of sp³-hybridized carbons (Fsp3) is 0.222. The van der Waals surface area contributed by atoms with E-state index < -0.39 is 0 Å². The Morgan fingerprint density at radius 2 is 2.13 bits per heavy atom. The highest BCUT2D eigenvalue weighted by atomic mass is 32.1. The minimum absolute atomic E-state index is 0.106. The van der Waals surface area contributed by atoms with Gasteiger partial charge in [-0.3, -0.25) is 9.36 Å². The number of thiophene rings is 1. The van der Waals surface area contributed by atoms with Crippen LogP contribution in [0.3, 0.4) is 0 Å². The van der Waals surface area contributed by atoms with Crippen LogP contribution in [0.4, 0.5) is 0 Å². The van der Waals surface area contributed by atoms with E-state index in [0.717, 1.165) is 27.3 Å². The molecule has 23 heavy (non-hydrogen) atoms. The average Bonchev–Trinajstić information content (AvgIpc) is 2.95. The monoisotopic (exact) mass is 324 g/mol. The number of hydrogen-bond acceptors (Lipinski definition) is 4. The van der Waals surface area contributed by atoms with Gasteiger partial charge in [-0.25, -0.2) is 4.98 Å². The molecule has 5 heteroatoms. The molecule has 0 radical (unpaired) electrons. The van der Waals surface area contributed by atoms with Crippen molar-refractivity contribution in [1.29, 1.82) is 0 Å². The Balaban J connectivity index is 2.37. The molecule has 0 amide bonds. The van der Waals surface area contributed by atoms with Crippen molar-refractivity contribution in [2.45, 2.75) is 20.4 Å². The lowest BCUT2D eigenvalue weighted by atomic mass is 10.0. The number of benzene rings is 1. The van der Waals surface area contributed by atoms with Crippen molar-refractivity contribution in [3.05, 3.63) is 45.3 Å². The van der Waals surface area contributed by atoms with E-state index in [1.807, 2.05) is 30.5 Å². The summed E-state index contributed by atoms with van der Waals surface area (Å²) in [5, 5.41) is 2.55. The van der Waals surface area contributed by atoms with Crippen molar-refractivity contribution >= 4 is 21.6 Å². The van der Waals surface area contributed by atoms with Gasteiger partial charge < -0.3 is 4.74 Å². The van der Waals surface area contributed by atoms with Gasteiger partial charge in [0.25, 0.3) is 5.56 Å². The molecule has 4 nitrogen and oxygen atoms in total. The van der Waals surface area contributed by atoms with Crippen molar-refractivity contribution in [3.8, 4) is 29.2 Å². The molecule has 0 aliphatic rings. The Morgan fingerprint density at radius 1 is 1.35 bits per heavy atom. The van der Waals surface area contributed by atoms with Crippen LogP contribution in [0.25, 0.3) is 21.3 Å². The highest BCUT2D eigenvalue weighted by molar-refractivity contribution is 7.17. The lowest BCUT2D eigenvalue weighted by Gasteiger charge is -2.10. The summed E-state index contributed by atoms with van der Waals surface area (Å²) >= 11 is 1.46. The van der Waals surface area contributed by atoms with E-state index >= 15 is 0 Å². The highest BCUT2D eigenvalue weighted by Crippen LogP contribution is 2.37. The molecule has 0 atom stereocenters. The number of fused-ring (bicyclic) bond motifs is 1. The predicted molar refractivity (Wildman–Crippen MR) is 94.2 cm³/mol. The van der Waals surface area contributed by atoms with Crippen LogP contribution in [-0.2, 0) is 6.54 Å². The Morgan fingerprint density at radius 3 is 2.83 bits per heavy atom. The summed E-state index contributed by atoms with van der Waals surface area (Å²) in [6, 6.07) is 5.91. The minimum Gasteiger partial charge on any atom is -0.496 e. The number of aromatic nitrogens is 2. The second kappa shape index (κ2) is 5.90. The Kier molecular flexibility index (Phi) is 3.93. The van der Waals surface area contributed by atoms with Crippen molar-refractivity contribution in [1.82, 2.24) is 9.55 Å². The summed E-state index contributed by atoms with van der Waals surface area (Å²) < 4.78 is 6.99. The van der Waals surface area contributed by atoms with Gasteiger partial charge in [0.05, 0.1) is 19.0 Å². The van der Waals surface area contributed by atoms with Gasteiger partial charge in [0.15, 0.2) is 0 Å². The van der Waals surface area contributed by atoms with Crippen LogP contribution >= 0.6 is 11.3 Å². The largest absolute Gasteiger partial charge is 0.496 e. The zero-order valence-electron chi connectivity index (χ0n) is 13.2. The molecule has 2 aromatic heterocycles. The molecule has 0 fully saturated rings. The molecule has 0 unspecified atom stereocenters. The second-order valence-corrected chi connectivity index (χ2v) is 6.15. The maximum absolute atomic E-state index is 12.9. The fourth-order valence-electron chi connectivity index (χ4n) is 2.63. The van der Waals surface area contributed by atoms with Crippen LogP contribution in [0.1, 0.15) is 11.4 Å². The smallest absolute Gasteiger partial charge is 0.263 e. The topological polar surface area (TPSA) is 44.1 Å². The first-order valence-corrected chi connectivity index (χ1v) is 8.02. The number of rotatable bonds is 3. The number of aryl methyl sites for hydroxylation is 2. The number of terminal acetylenes is 1. The Bertz CT molecular complexity index is 993. The van der Waals surface area contributed by atoms with Gasteiger partial charge in [0.2, 0.25) is 0 Å². The number of ether oxygens (including phenoxy) is 1. The molecule has 0 N–H and O–H groups in total. The summed E-state index contributed by atoms with van der Waals surface area (Å²) in [6.45, 7) is 4.02. The zero-order valence-corrected chi connectivity index (χ0v) is 14.0. The zero-order chi connectivity index (χ0) is 16.6. The predicted octanol–water partition coefficient (Wildman–Crippen LogP) is 3.38. The Labute approximate surface area is 138 Å². The third kappa shape index (κ3) is 2.51. The highest BCUT2D eigenvalue weighted by Gasteiger charge is 2.17. The SMILES string of the molecule is C#CCn1c(C)nc2scc(-c3cc(C)ccc3OC)c2c1=O. The van der Waals surface area contributed by atoms with Crippen LogP contribution in [0, 0.1) is 26.2 Å². The molecule has 0 aliphatic carbocycles. The average molecular weight is 324 g/mol. The van der Waals surface area contributed by atoms with Gasteiger partial charge in [-0.05, 0) is 26.0 Å². The lowest BCUT2D eigenvalue weighted by Crippen LogP contribution is -2.23. The van der Waals surface area contributed by atoms with Gasteiger partial charge in [0, 0.05) is 16.5 Å².